The maximum absolute atomic E-state index is 13.4. The minimum atomic E-state index is -0.435. The molecule has 3 aromatic rings. The summed E-state index contributed by atoms with van der Waals surface area (Å²) in [6.07, 6.45) is 1.61. The second-order valence-electron chi connectivity index (χ2n) is 6.56. The molecule has 138 valence electrons. The molecule has 4 rings (SSSR count). The molecule has 1 atom stereocenters. The molecule has 0 spiro atoms. The fourth-order valence-electron chi connectivity index (χ4n) is 3.28. The fraction of sp³-hybridized carbons (Fsp3) is 0.250. The number of halogens is 2. The maximum atomic E-state index is 13.4. The van der Waals surface area contributed by atoms with E-state index >= 15 is 0 Å². The van der Waals surface area contributed by atoms with Crippen molar-refractivity contribution < 1.29 is 18.1 Å². The number of hydrogen-bond acceptors (Lipinski definition) is 4. The minimum Gasteiger partial charge on any atom is -0.339 e. The Kier molecular flexibility index (Phi) is 4.66. The summed E-state index contributed by atoms with van der Waals surface area (Å²) in [5.74, 6) is -0.225. The van der Waals surface area contributed by atoms with Gasteiger partial charge in [0.25, 0.3) is 5.91 Å². The first-order valence-corrected chi connectivity index (χ1v) is 8.74. The molecular formula is C20H17F2N3O2. The molecule has 0 unspecified atom stereocenters. The third kappa shape index (κ3) is 3.72. The quantitative estimate of drug-likeness (QED) is 0.699. The van der Waals surface area contributed by atoms with Crippen LogP contribution in [0.3, 0.4) is 0 Å². The van der Waals surface area contributed by atoms with Crippen molar-refractivity contribution in [1.82, 2.24) is 15.0 Å². The Balaban J connectivity index is 1.50. The lowest BCUT2D eigenvalue weighted by atomic mass is 9.97. The Hall–Kier alpha value is -3.09. The highest BCUT2D eigenvalue weighted by atomic mass is 19.1. The van der Waals surface area contributed by atoms with Crippen LogP contribution in [-0.4, -0.2) is 34.0 Å². The third-order valence-corrected chi connectivity index (χ3v) is 4.67. The molecule has 0 bridgehead atoms. The lowest BCUT2D eigenvalue weighted by Gasteiger charge is -2.31. The first kappa shape index (κ1) is 17.3. The Bertz CT molecular complexity index is 956. The molecule has 1 aromatic heterocycles. The summed E-state index contributed by atoms with van der Waals surface area (Å²) in [4.78, 5) is 18.7. The Morgan fingerprint density at radius 2 is 1.93 bits per heavy atom. The van der Waals surface area contributed by atoms with Crippen molar-refractivity contribution in [1.29, 1.82) is 0 Å². The van der Waals surface area contributed by atoms with E-state index in [1.807, 2.05) is 0 Å². The van der Waals surface area contributed by atoms with Gasteiger partial charge in [0.1, 0.15) is 11.6 Å². The van der Waals surface area contributed by atoms with Gasteiger partial charge in [-0.3, -0.25) is 4.79 Å². The van der Waals surface area contributed by atoms with Gasteiger partial charge in [-0.05, 0) is 55.3 Å². The van der Waals surface area contributed by atoms with Gasteiger partial charge >= 0.3 is 0 Å². The molecule has 1 aliphatic rings. The number of nitrogens with zero attached hydrogens (tertiary/aromatic N) is 3. The number of benzene rings is 2. The number of hydrogen-bond donors (Lipinski definition) is 0. The highest BCUT2D eigenvalue weighted by Crippen LogP contribution is 2.28. The largest absolute Gasteiger partial charge is 0.339 e. The normalized spacial score (nSPS) is 17.1. The summed E-state index contributed by atoms with van der Waals surface area (Å²) in [6.45, 7) is 1.03. The van der Waals surface area contributed by atoms with Gasteiger partial charge in [0.05, 0.1) is 5.92 Å². The van der Waals surface area contributed by atoms with Crippen molar-refractivity contribution in [3.05, 3.63) is 71.6 Å². The maximum Gasteiger partial charge on any atom is 0.253 e. The van der Waals surface area contributed by atoms with Gasteiger partial charge in [-0.15, -0.1) is 0 Å². The number of likely N-dealkylation sites (tertiary alicyclic amines) is 1. The van der Waals surface area contributed by atoms with E-state index in [4.69, 9.17) is 4.52 Å². The van der Waals surface area contributed by atoms with Crippen LogP contribution in [0.2, 0.25) is 0 Å². The van der Waals surface area contributed by atoms with Crippen LogP contribution in [0.25, 0.3) is 11.4 Å². The number of amides is 1. The van der Waals surface area contributed by atoms with Crippen molar-refractivity contribution in [2.24, 2.45) is 0 Å². The zero-order valence-electron chi connectivity index (χ0n) is 14.4. The Labute approximate surface area is 154 Å². The van der Waals surface area contributed by atoms with E-state index in [0.717, 1.165) is 12.8 Å². The van der Waals surface area contributed by atoms with E-state index in [0.29, 0.717) is 35.9 Å². The minimum absolute atomic E-state index is 0.0852. The smallest absolute Gasteiger partial charge is 0.253 e. The van der Waals surface area contributed by atoms with Gasteiger partial charge in [-0.25, -0.2) is 8.78 Å². The molecule has 0 radical (unpaired) electrons. The van der Waals surface area contributed by atoms with Gasteiger partial charge in [-0.2, -0.15) is 4.98 Å². The van der Waals surface area contributed by atoms with E-state index in [-0.39, 0.29) is 17.6 Å². The number of carbonyl (C=O) groups excluding carboxylic acids is 1. The Morgan fingerprint density at radius 3 is 2.70 bits per heavy atom. The predicted molar refractivity (Wildman–Crippen MR) is 94.0 cm³/mol. The van der Waals surface area contributed by atoms with Crippen LogP contribution in [-0.2, 0) is 0 Å². The second kappa shape index (κ2) is 7.26. The molecule has 1 amide bonds. The summed E-state index contributed by atoms with van der Waals surface area (Å²) in [6, 6.07) is 11.5. The molecule has 5 nitrogen and oxygen atoms in total. The topological polar surface area (TPSA) is 59.2 Å². The van der Waals surface area contributed by atoms with Crippen molar-refractivity contribution in [3.63, 3.8) is 0 Å². The standard InChI is InChI=1S/C20H17F2N3O2/c21-16-8-6-13(7-9-16)18-23-19(27-24-18)15-4-2-10-25(12-15)20(26)14-3-1-5-17(22)11-14/h1,3,5-9,11,15H,2,4,10,12H2/t15-/m0/s1. The van der Waals surface area contributed by atoms with Crippen LogP contribution >= 0.6 is 0 Å². The van der Waals surface area contributed by atoms with Crippen LogP contribution in [0, 0.1) is 11.6 Å². The zero-order valence-corrected chi connectivity index (χ0v) is 14.4. The van der Waals surface area contributed by atoms with Crippen LogP contribution in [0.4, 0.5) is 8.78 Å². The van der Waals surface area contributed by atoms with Gasteiger partial charge in [0.2, 0.25) is 11.7 Å². The van der Waals surface area contributed by atoms with E-state index in [9.17, 15) is 13.6 Å². The summed E-state index contributed by atoms with van der Waals surface area (Å²) < 4.78 is 31.8. The molecular weight excluding hydrogens is 352 g/mol. The van der Waals surface area contributed by atoms with E-state index < -0.39 is 5.82 Å². The van der Waals surface area contributed by atoms with Crippen molar-refractivity contribution in [2.75, 3.05) is 13.1 Å². The molecule has 0 aliphatic carbocycles. The lowest BCUT2D eigenvalue weighted by Crippen LogP contribution is -2.39. The Morgan fingerprint density at radius 1 is 1.11 bits per heavy atom. The molecule has 2 heterocycles. The van der Waals surface area contributed by atoms with Gasteiger partial charge < -0.3 is 9.42 Å². The fourth-order valence-corrected chi connectivity index (χ4v) is 3.28. The predicted octanol–water partition coefficient (Wildman–Crippen LogP) is 4.03. The molecule has 0 N–H and O–H groups in total. The van der Waals surface area contributed by atoms with Gasteiger partial charge in [0.15, 0.2) is 0 Å². The summed E-state index contributed by atoms with van der Waals surface area (Å²) in [5.41, 5.74) is 0.989. The average molecular weight is 369 g/mol. The van der Waals surface area contributed by atoms with Crippen LogP contribution in [0.1, 0.15) is 35.0 Å². The first-order chi connectivity index (χ1) is 13.1. The van der Waals surface area contributed by atoms with Crippen LogP contribution in [0.5, 0.6) is 0 Å². The molecule has 1 saturated heterocycles. The van der Waals surface area contributed by atoms with E-state index in [1.54, 1.807) is 23.1 Å². The molecule has 27 heavy (non-hydrogen) atoms. The molecule has 7 heteroatoms. The van der Waals surface area contributed by atoms with Crippen molar-refractivity contribution in [2.45, 2.75) is 18.8 Å². The molecule has 1 aliphatic heterocycles. The van der Waals surface area contributed by atoms with Gasteiger partial charge in [0, 0.05) is 24.2 Å². The molecule has 0 saturated carbocycles. The second-order valence-corrected chi connectivity index (χ2v) is 6.56. The summed E-state index contributed by atoms with van der Waals surface area (Å²) in [5, 5.41) is 3.97. The summed E-state index contributed by atoms with van der Waals surface area (Å²) in [7, 11) is 0. The zero-order chi connectivity index (χ0) is 18.8. The average Bonchev–Trinajstić information content (AvgIpc) is 3.18. The molecule has 1 fully saturated rings. The van der Waals surface area contributed by atoms with Crippen LogP contribution in [0.15, 0.2) is 53.1 Å². The molecule has 2 aromatic carbocycles. The lowest BCUT2D eigenvalue weighted by molar-refractivity contribution is 0.0695. The SMILES string of the molecule is O=C(c1cccc(F)c1)N1CCC[C@H](c2nc(-c3ccc(F)cc3)no2)C1. The van der Waals surface area contributed by atoms with E-state index in [1.165, 1.54) is 30.3 Å². The van der Waals surface area contributed by atoms with E-state index in [2.05, 4.69) is 10.1 Å². The highest BCUT2D eigenvalue weighted by Gasteiger charge is 2.29. The number of aromatic nitrogens is 2. The highest BCUT2D eigenvalue weighted by molar-refractivity contribution is 5.94. The number of carbonyl (C=O) groups is 1. The van der Waals surface area contributed by atoms with Crippen LogP contribution < -0.4 is 0 Å². The van der Waals surface area contributed by atoms with Crippen molar-refractivity contribution in [3.8, 4) is 11.4 Å². The number of piperidine rings is 1. The third-order valence-electron chi connectivity index (χ3n) is 4.67. The van der Waals surface area contributed by atoms with Crippen molar-refractivity contribution >= 4 is 5.91 Å². The monoisotopic (exact) mass is 369 g/mol. The van der Waals surface area contributed by atoms with Gasteiger partial charge in [-0.1, -0.05) is 11.2 Å². The summed E-state index contributed by atoms with van der Waals surface area (Å²) >= 11 is 0. The number of rotatable bonds is 3. The first-order valence-electron chi connectivity index (χ1n) is 8.74.